The van der Waals surface area contributed by atoms with Crippen LogP contribution < -0.4 is 15.4 Å². The Labute approximate surface area is 126 Å². The highest BCUT2D eigenvalue weighted by Crippen LogP contribution is 2.25. The molecule has 0 aliphatic rings. The molecule has 1 heterocycles. The second kappa shape index (κ2) is 7.41. The van der Waals surface area contributed by atoms with E-state index in [-0.39, 0.29) is 31.4 Å². The fourth-order valence-electron chi connectivity index (χ4n) is 1.71. The van der Waals surface area contributed by atoms with Crippen LogP contribution >= 0.6 is 0 Å². The van der Waals surface area contributed by atoms with Crippen LogP contribution in [0.25, 0.3) is 0 Å². The van der Waals surface area contributed by atoms with Crippen molar-refractivity contribution in [2.75, 3.05) is 30.4 Å². The molecule has 3 N–H and O–H groups in total. The van der Waals surface area contributed by atoms with Gasteiger partial charge in [-0.25, -0.2) is 4.39 Å². The van der Waals surface area contributed by atoms with E-state index in [0.717, 1.165) is 0 Å². The van der Waals surface area contributed by atoms with Gasteiger partial charge in [0.25, 0.3) is 0 Å². The van der Waals surface area contributed by atoms with E-state index in [4.69, 9.17) is 14.4 Å². The van der Waals surface area contributed by atoms with Crippen LogP contribution in [0.3, 0.4) is 0 Å². The summed E-state index contributed by atoms with van der Waals surface area (Å²) in [6, 6.07) is 5.46. The highest BCUT2D eigenvalue weighted by molar-refractivity contribution is 5.93. The maximum absolute atomic E-state index is 13.2. The Morgan fingerprint density at radius 2 is 2.27 bits per heavy atom. The van der Waals surface area contributed by atoms with Gasteiger partial charge in [-0.05, 0) is 19.1 Å². The summed E-state index contributed by atoms with van der Waals surface area (Å²) >= 11 is 0. The molecule has 1 aromatic carbocycles. The van der Waals surface area contributed by atoms with Gasteiger partial charge in [0.1, 0.15) is 23.9 Å². The second-order valence-electron chi connectivity index (χ2n) is 4.44. The van der Waals surface area contributed by atoms with Gasteiger partial charge in [0.2, 0.25) is 5.91 Å². The third-order valence-electron chi connectivity index (χ3n) is 2.63. The number of anilines is 2. The number of rotatable bonds is 7. The molecule has 0 unspecified atom stereocenters. The molecular weight excluding hydrogens is 293 g/mol. The maximum atomic E-state index is 13.2. The van der Waals surface area contributed by atoms with Crippen LogP contribution in [0.1, 0.15) is 5.76 Å². The van der Waals surface area contributed by atoms with Gasteiger partial charge >= 0.3 is 0 Å². The molecule has 118 valence electrons. The summed E-state index contributed by atoms with van der Waals surface area (Å²) in [5.41, 5.74) is 0.446. The van der Waals surface area contributed by atoms with Gasteiger partial charge in [-0.1, -0.05) is 5.16 Å². The van der Waals surface area contributed by atoms with E-state index in [1.807, 2.05) is 0 Å². The minimum atomic E-state index is -0.471. The van der Waals surface area contributed by atoms with E-state index in [0.29, 0.717) is 17.3 Å². The maximum Gasteiger partial charge on any atom is 0.244 e. The molecule has 2 aromatic rings. The monoisotopic (exact) mass is 309 g/mol. The number of aliphatic hydroxyl groups excluding tert-OH is 1. The average molecular weight is 309 g/mol. The quantitative estimate of drug-likeness (QED) is 0.718. The smallest absolute Gasteiger partial charge is 0.244 e. The summed E-state index contributed by atoms with van der Waals surface area (Å²) in [5.74, 6) is 0.313. The molecule has 1 amide bonds. The largest absolute Gasteiger partial charge is 0.489 e. The molecule has 0 saturated heterocycles. The highest BCUT2D eigenvalue weighted by Gasteiger charge is 2.09. The number of aliphatic hydroxyl groups is 1. The standard InChI is InChI=1S/C14H16FN3O4/c1-9-6-13(18-22-9)17-14(20)8-16-11-3-2-10(15)7-12(11)21-5-4-19/h2-3,6-7,16,19H,4-5,8H2,1H3,(H,17,18,20). The van der Waals surface area contributed by atoms with Gasteiger partial charge < -0.3 is 25.0 Å². The van der Waals surface area contributed by atoms with E-state index in [9.17, 15) is 9.18 Å². The highest BCUT2D eigenvalue weighted by atomic mass is 19.1. The number of hydrogen-bond acceptors (Lipinski definition) is 6. The summed E-state index contributed by atoms with van der Waals surface area (Å²) in [4.78, 5) is 11.8. The number of aromatic nitrogens is 1. The zero-order chi connectivity index (χ0) is 15.9. The van der Waals surface area contributed by atoms with Gasteiger partial charge in [0, 0.05) is 12.1 Å². The topological polar surface area (TPSA) is 96.6 Å². The zero-order valence-electron chi connectivity index (χ0n) is 11.9. The molecule has 0 radical (unpaired) electrons. The van der Waals surface area contributed by atoms with Crippen molar-refractivity contribution in [3.63, 3.8) is 0 Å². The Morgan fingerprint density at radius 3 is 2.95 bits per heavy atom. The van der Waals surface area contributed by atoms with Crippen LogP contribution in [-0.2, 0) is 4.79 Å². The first-order valence-electron chi connectivity index (χ1n) is 6.58. The lowest BCUT2D eigenvalue weighted by atomic mass is 10.2. The van der Waals surface area contributed by atoms with Gasteiger partial charge in [0.05, 0.1) is 18.8 Å². The normalized spacial score (nSPS) is 10.3. The predicted molar refractivity (Wildman–Crippen MR) is 77.3 cm³/mol. The van der Waals surface area contributed by atoms with E-state index < -0.39 is 5.82 Å². The fraction of sp³-hybridized carbons (Fsp3) is 0.286. The van der Waals surface area contributed by atoms with Gasteiger partial charge in [-0.3, -0.25) is 4.79 Å². The molecule has 22 heavy (non-hydrogen) atoms. The molecule has 0 saturated carbocycles. The summed E-state index contributed by atoms with van der Waals surface area (Å²) in [6.45, 7) is 1.49. The van der Waals surface area contributed by atoms with Crippen LogP contribution in [0.15, 0.2) is 28.8 Å². The number of carbonyl (C=O) groups is 1. The third kappa shape index (κ3) is 4.45. The minimum absolute atomic E-state index is 0.0303. The Morgan fingerprint density at radius 1 is 1.45 bits per heavy atom. The number of amides is 1. The van der Waals surface area contributed by atoms with E-state index in [1.54, 1.807) is 13.0 Å². The van der Waals surface area contributed by atoms with Crippen molar-refractivity contribution in [3.05, 3.63) is 35.8 Å². The Kier molecular flexibility index (Phi) is 5.31. The molecule has 0 bridgehead atoms. The van der Waals surface area contributed by atoms with Crippen LogP contribution in [0.4, 0.5) is 15.9 Å². The van der Waals surface area contributed by atoms with Crippen LogP contribution in [-0.4, -0.2) is 35.9 Å². The minimum Gasteiger partial charge on any atom is -0.489 e. The first-order chi connectivity index (χ1) is 10.6. The molecular formula is C14H16FN3O4. The van der Waals surface area contributed by atoms with E-state index >= 15 is 0 Å². The zero-order valence-corrected chi connectivity index (χ0v) is 11.9. The molecule has 7 nitrogen and oxygen atoms in total. The number of halogens is 1. The van der Waals surface area contributed by atoms with Crippen molar-refractivity contribution in [3.8, 4) is 5.75 Å². The van der Waals surface area contributed by atoms with Crippen molar-refractivity contribution < 1.29 is 23.6 Å². The Hall–Kier alpha value is -2.61. The molecule has 1 aromatic heterocycles. The first-order valence-corrected chi connectivity index (χ1v) is 6.58. The van der Waals surface area contributed by atoms with Gasteiger partial charge in [-0.15, -0.1) is 0 Å². The predicted octanol–water partition coefficient (Wildman–Crippen LogP) is 1.54. The van der Waals surface area contributed by atoms with Crippen LogP contribution in [0, 0.1) is 12.7 Å². The summed E-state index contributed by atoms with van der Waals surface area (Å²) < 4.78 is 23.2. The summed E-state index contributed by atoms with van der Waals surface area (Å²) in [5, 5.41) is 17.8. The summed E-state index contributed by atoms with van der Waals surface area (Å²) in [6.07, 6.45) is 0. The summed E-state index contributed by atoms with van der Waals surface area (Å²) in [7, 11) is 0. The van der Waals surface area contributed by atoms with E-state index in [1.165, 1.54) is 18.2 Å². The number of aryl methyl sites for hydroxylation is 1. The number of ether oxygens (including phenoxy) is 1. The first kappa shape index (κ1) is 15.8. The third-order valence-corrected chi connectivity index (χ3v) is 2.63. The molecule has 8 heteroatoms. The van der Waals surface area contributed by atoms with Crippen molar-refractivity contribution >= 4 is 17.4 Å². The molecule has 0 aliphatic heterocycles. The lowest BCUT2D eigenvalue weighted by Crippen LogP contribution is -2.22. The average Bonchev–Trinajstić information content (AvgIpc) is 2.89. The number of benzene rings is 1. The van der Waals surface area contributed by atoms with Gasteiger partial charge in [0.15, 0.2) is 5.82 Å². The number of carbonyl (C=O) groups excluding carboxylic acids is 1. The SMILES string of the molecule is Cc1cc(NC(=O)CNc2ccc(F)cc2OCCO)no1. The molecule has 0 aliphatic carbocycles. The van der Waals surface area contributed by atoms with Crippen molar-refractivity contribution in [1.82, 2.24) is 5.16 Å². The van der Waals surface area contributed by atoms with Crippen molar-refractivity contribution in [2.45, 2.75) is 6.92 Å². The second-order valence-corrected chi connectivity index (χ2v) is 4.44. The number of hydrogen-bond donors (Lipinski definition) is 3. The molecule has 0 atom stereocenters. The van der Waals surface area contributed by atoms with Crippen molar-refractivity contribution in [2.24, 2.45) is 0 Å². The van der Waals surface area contributed by atoms with Crippen LogP contribution in [0.5, 0.6) is 5.75 Å². The lowest BCUT2D eigenvalue weighted by molar-refractivity contribution is -0.114. The lowest BCUT2D eigenvalue weighted by Gasteiger charge is -2.12. The van der Waals surface area contributed by atoms with Gasteiger partial charge in [-0.2, -0.15) is 0 Å². The molecule has 2 rings (SSSR count). The van der Waals surface area contributed by atoms with Crippen molar-refractivity contribution in [1.29, 1.82) is 0 Å². The molecule has 0 fully saturated rings. The van der Waals surface area contributed by atoms with Crippen LogP contribution in [0.2, 0.25) is 0 Å². The Bertz CT molecular complexity index is 645. The number of nitrogens with one attached hydrogen (secondary N) is 2. The molecule has 0 spiro atoms. The van der Waals surface area contributed by atoms with E-state index in [2.05, 4.69) is 15.8 Å². The number of nitrogens with zero attached hydrogens (tertiary/aromatic N) is 1. The fourth-order valence-corrected chi connectivity index (χ4v) is 1.71. The Balaban J connectivity index is 1.94.